The highest BCUT2D eigenvalue weighted by molar-refractivity contribution is 9.10. The first kappa shape index (κ1) is 16.3. The predicted octanol–water partition coefficient (Wildman–Crippen LogP) is 3.85. The topological polar surface area (TPSA) is 43.1 Å². The van der Waals surface area contributed by atoms with Gasteiger partial charge in [-0.05, 0) is 35.6 Å². The van der Waals surface area contributed by atoms with E-state index in [0.717, 1.165) is 6.42 Å². The third-order valence-corrected chi connectivity index (χ3v) is 3.15. The number of carbonyl (C=O) groups excluding carboxylic acids is 1. The van der Waals surface area contributed by atoms with Gasteiger partial charge in [0.05, 0.1) is 0 Å². The smallest absolute Gasteiger partial charge is 0.138 e. The summed E-state index contributed by atoms with van der Waals surface area (Å²) in [4.78, 5) is 11.9. The summed E-state index contributed by atoms with van der Waals surface area (Å²) in [7, 11) is 0. The normalized spacial score (nSPS) is 13.4. The molecule has 0 amide bonds. The van der Waals surface area contributed by atoms with E-state index in [1.54, 1.807) is 6.07 Å². The Kier molecular flexibility index (Phi) is 5.68. The molecule has 0 radical (unpaired) electrons. The first-order valence-electron chi connectivity index (χ1n) is 6.38. The van der Waals surface area contributed by atoms with Gasteiger partial charge in [0, 0.05) is 23.4 Å². The second-order valence-corrected chi connectivity index (χ2v) is 7.14. The Bertz CT molecular complexity index is 434. The highest BCUT2D eigenvalue weighted by Crippen LogP contribution is 2.22. The van der Waals surface area contributed by atoms with Crippen LogP contribution in [0.5, 0.6) is 0 Å². The molecule has 106 valence electrons. The van der Waals surface area contributed by atoms with Crippen LogP contribution in [0.1, 0.15) is 39.2 Å². The fraction of sp³-hybridized carbons (Fsp3) is 0.533. The number of hydrogen-bond donors (Lipinski definition) is 1. The van der Waals surface area contributed by atoms with Crippen molar-refractivity contribution in [3.63, 3.8) is 0 Å². The third kappa shape index (κ3) is 6.83. The Morgan fingerprint density at radius 1 is 1.37 bits per heavy atom. The lowest BCUT2D eigenvalue weighted by Crippen LogP contribution is -2.29. The summed E-state index contributed by atoms with van der Waals surface area (Å²) in [6, 6.07) is 4.39. The Hall–Kier alpha value is -0.740. The van der Waals surface area contributed by atoms with Gasteiger partial charge in [-0.15, -0.1) is 0 Å². The van der Waals surface area contributed by atoms with Gasteiger partial charge < -0.3 is 5.73 Å². The van der Waals surface area contributed by atoms with Crippen LogP contribution >= 0.6 is 15.9 Å². The molecule has 0 aliphatic heterocycles. The SMILES string of the molecule is CC(C)(C)CC(N)CC(=O)Cc1cc(F)cc(Br)c1. The Morgan fingerprint density at radius 3 is 2.53 bits per heavy atom. The molecule has 4 heteroatoms. The molecule has 0 bridgehead atoms. The summed E-state index contributed by atoms with van der Waals surface area (Å²) in [5.41, 5.74) is 6.76. The van der Waals surface area contributed by atoms with E-state index in [2.05, 4.69) is 36.7 Å². The second kappa shape index (κ2) is 6.62. The van der Waals surface area contributed by atoms with Crippen molar-refractivity contribution in [3.05, 3.63) is 34.1 Å². The molecule has 0 saturated heterocycles. The lowest BCUT2D eigenvalue weighted by molar-refractivity contribution is -0.118. The maximum Gasteiger partial charge on any atom is 0.138 e. The molecular weight excluding hydrogens is 309 g/mol. The fourth-order valence-corrected chi connectivity index (χ4v) is 2.68. The number of hydrogen-bond acceptors (Lipinski definition) is 2. The highest BCUT2D eigenvalue weighted by atomic mass is 79.9. The van der Waals surface area contributed by atoms with E-state index in [4.69, 9.17) is 5.73 Å². The second-order valence-electron chi connectivity index (χ2n) is 6.22. The highest BCUT2D eigenvalue weighted by Gasteiger charge is 2.18. The summed E-state index contributed by atoms with van der Waals surface area (Å²) < 4.78 is 13.8. The van der Waals surface area contributed by atoms with Crippen molar-refractivity contribution in [2.45, 2.75) is 46.1 Å². The van der Waals surface area contributed by atoms with E-state index in [9.17, 15) is 9.18 Å². The zero-order valence-corrected chi connectivity index (χ0v) is 13.3. The van der Waals surface area contributed by atoms with Crippen LogP contribution in [0.4, 0.5) is 4.39 Å². The minimum Gasteiger partial charge on any atom is -0.327 e. The molecule has 0 heterocycles. The van der Waals surface area contributed by atoms with Crippen LogP contribution in [0.25, 0.3) is 0 Å². The van der Waals surface area contributed by atoms with Crippen LogP contribution in [0.15, 0.2) is 22.7 Å². The standard InChI is InChI=1S/C15H21BrFNO/c1-15(2,3)9-13(18)8-14(19)6-10-4-11(16)7-12(17)5-10/h4-5,7,13H,6,8-9,18H2,1-3H3. The van der Waals surface area contributed by atoms with Crippen LogP contribution < -0.4 is 5.73 Å². The van der Waals surface area contributed by atoms with Crippen molar-refractivity contribution in [2.75, 3.05) is 0 Å². The average molecular weight is 330 g/mol. The van der Waals surface area contributed by atoms with Gasteiger partial charge in [-0.1, -0.05) is 36.7 Å². The number of nitrogens with two attached hydrogens (primary N) is 1. The average Bonchev–Trinajstić information content (AvgIpc) is 2.10. The number of rotatable bonds is 5. The van der Waals surface area contributed by atoms with Crippen LogP contribution in [0.3, 0.4) is 0 Å². The number of ketones is 1. The Balaban J connectivity index is 2.55. The molecule has 0 aromatic heterocycles. The molecule has 1 rings (SSSR count). The van der Waals surface area contributed by atoms with E-state index in [1.807, 2.05) is 0 Å². The minimum absolute atomic E-state index is 0.0502. The van der Waals surface area contributed by atoms with Crippen molar-refractivity contribution in [2.24, 2.45) is 11.1 Å². The number of benzene rings is 1. The monoisotopic (exact) mass is 329 g/mol. The predicted molar refractivity (Wildman–Crippen MR) is 79.5 cm³/mol. The molecule has 0 aliphatic carbocycles. The molecule has 0 aliphatic rings. The maximum absolute atomic E-state index is 13.2. The van der Waals surface area contributed by atoms with Crippen LogP contribution in [0, 0.1) is 11.2 Å². The van der Waals surface area contributed by atoms with E-state index < -0.39 is 0 Å². The molecule has 19 heavy (non-hydrogen) atoms. The van der Waals surface area contributed by atoms with Crippen molar-refractivity contribution < 1.29 is 9.18 Å². The summed E-state index contributed by atoms with van der Waals surface area (Å²) in [5, 5.41) is 0. The van der Waals surface area contributed by atoms with Gasteiger partial charge >= 0.3 is 0 Å². The van der Waals surface area contributed by atoms with Gasteiger partial charge in [0.25, 0.3) is 0 Å². The lowest BCUT2D eigenvalue weighted by atomic mass is 9.86. The van der Waals surface area contributed by atoms with Gasteiger partial charge in [-0.2, -0.15) is 0 Å². The molecule has 2 nitrogen and oxygen atoms in total. The van der Waals surface area contributed by atoms with E-state index in [-0.39, 0.29) is 29.5 Å². The molecule has 0 spiro atoms. The first-order chi connectivity index (χ1) is 8.65. The third-order valence-electron chi connectivity index (χ3n) is 2.69. The lowest BCUT2D eigenvalue weighted by Gasteiger charge is -2.22. The Labute approximate surface area is 122 Å². The van der Waals surface area contributed by atoms with Crippen LogP contribution in [-0.4, -0.2) is 11.8 Å². The molecular formula is C15H21BrFNO. The van der Waals surface area contributed by atoms with Crippen LogP contribution in [0.2, 0.25) is 0 Å². The van der Waals surface area contributed by atoms with Gasteiger partial charge in [0.2, 0.25) is 0 Å². The van der Waals surface area contributed by atoms with Crippen LogP contribution in [-0.2, 0) is 11.2 Å². The molecule has 2 N–H and O–H groups in total. The minimum atomic E-state index is -0.337. The summed E-state index contributed by atoms with van der Waals surface area (Å²) in [5.74, 6) is -0.287. The number of carbonyl (C=O) groups is 1. The fourth-order valence-electron chi connectivity index (χ4n) is 2.16. The molecule has 1 aromatic rings. The zero-order valence-electron chi connectivity index (χ0n) is 11.7. The van der Waals surface area contributed by atoms with Gasteiger partial charge in [-0.25, -0.2) is 4.39 Å². The molecule has 1 atom stereocenters. The van der Waals surface area contributed by atoms with E-state index in [1.165, 1.54) is 12.1 Å². The first-order valence-corrected chi connectivity index (χ1v) is 7.17. The summed E-state index contributed by atoms with van der Waals surface area (Å²) in [6.07, 6.45) is 1.37. The molecule has 0 fully saturated rings. The number of halogens is 2. The van der Waals surface area contributed by atoms with Crippen molar-refractivity contribution in [1.82, 2.24) is 0 Å². The Morgan fingerprint density at radius 2 is 2.00 bits per heavy atom. The zero-order chi connectivity index (χ0) is 14.6. The van der Waals surface area contributed by atoms with E-state index >= 15 is 0 Å². The number of Topliss-reactive ketones (excluding diaryl/α,β-unsaturated/α-hetero) is 1. The van der Waals surface area contributed by atoms with E-state index in [0.29, 0.717) is 16.5 Å². The molecule has 1 unspecified atom stereocenters. The summed E-state index contributed by atoms with van der Waals surface area (Å²) >= 11 is 3.22. The van der Waals surface area contributed by atoms with Crippen molar-refractivity contribution in [1.29, 1.82) is 0 Å². The molecule has 1 aromatic carbocycles. The van der Waals surface area contributed by atoms with Crippen molar-refractivity contribution >= 4 is 21.7 Å². The molecule has 0 saturated carbocycles. The maximum atomic E-state index is 13.2. The van der Waals surface area contributed by atoms with Gasteiger partial charge in [-0.3, -0.25) is 4.79 Å². The van der Waals surface area contributed by atoms with Gasteiger partial charge in [0.15, 0.2) is 0 Å². The van der Waals surface area contributed by atoms with Gasteiger partial charge in [0.1, 0.15) is 11.6 Å². The summed E-state index contributed by atoms with van der Waals surface area (Å²) in [6.45, 7) is 6.29. The largest absolute Gasteiger partial charge is 0.327 e. The van der Waals surface area contributed by atoms with Crippen molar-refractivity contribution in [3.8, 4) is 0 Å². The quantitative estimate of drug-likeness (QED) is 0.891.